The van der Waals surface area contributed by atoms with Crippen LogP contribution in [0.25, 0.3) is 0 Å². The van der Waals surface area contributed by atoms with Gasteiger partial charge in [-0.3, -0.25) is 0 Å². The van der Waals surface area contributed by atoms with Gasteiger partial charge in [0.05, 0.1) is 0 Å². The predicted molar refractivity (Wildman–Crippen MR) is 78.9 cm³/mol. The molecule has 1 saturated heterocycles. The number of rotatable bonds is 3. The molecule has 1 aliphatic heterocycles. The van der Waals surface area contributed by atoms with Crippen LogP contribution < -0.4 is 0 Å². The summed E-state index contributed by atoms with van der Waals surface area (Å²) in [5.41, 5.74) is -0.0367. The van der Waals surface area contributed by atoms with Crippen LogP contribution in [-0.2, 0) is 4.79 Å². The molecule has 104 valence electrons. The molecule has 1 aromatic heterocycles. The minimum Gasteiger partial charge on any atom is -0.303 e. The summed E-state index contributed by atoms with van der Waals surface area (Å²) in [6, 6.07) is 5.97. The van der Waals surface area contributed by atoms with Crippen molar-refractivity contribution in [3.05, 3.63) is 24.4 Å². The second-order valence-corrected chi connectivity index (χ2v) is 7.45. The second-order valence-electron chi connectivity index (χ2n) is 6.48. The number of aromatic nitrogens is 1. The van der Waals surface area contributed by atoms with E-state index in [-0.39, 0.29) is 17.0 Å². The van der Waals surface area contributed by atoms with Crippen molar-refractivity contribution in [2.75, 3.05) is 0 Å². The summed E-state index contributed by atoms with van der Waals surface area (Å²) in [6.07, 6.45) is 4.74. The lowest BCUT2D eigenvalue weighted by Gasteiger charge is -2.53. The van der Waals surface area contributed by atoms with Crippen molar-refractivity contribution < 1.29 is 4.79 Å². The molecule has 0 N–H and O–H groups in total. The van der Waals surface area contributed by atoms with Crippen LogP contribution in [0, 0.1) is 5.92 Å². The first-order chi connectivity index (χ1) is 8.85. The van der Waals surface area contributed by atoms with Crippen molar-refractivity contribution in [1.82, 2.24) is 9.29 Å². The van der Waals surface area contributed by atoms with Gasteiger partial charge in [0.25, 0.3) is 0 Å². The van der Waals surface area contributed by atoms with Crippen LogP contribution in [0.4, 0.5) is 0 Å². The van der Waals surface area contributed by atoms with Crippen LogP contribution in [0.1, 0.15) is 40.5 Å². The summed E-state index contributed by atoms with van der Waals surface area (Å²) in [6.45, 7) is 8.83. The van der Waals surface area contributed by atoms with E-state index >= 15 is 0 Å². The van der Waals surface area contributed by atoms with Gasteiger partial charge in [-0.2, -0.15) is 0 Å². The van der Waals surface area contributed by atoms with Crippen LogP contribution in [0.5, 0.6) is 0 Å². The zero-order valence-electron chi connectivity index (χ0n) is 12.1. The monoisotopic (exact) mass is 278 g/mol. The van der Waals surface area contributed by atoms with Crippen molar-refractivity contribution in [2.24, 2.45) is 5.92 Å². The fourth-order valence-corrected chi connectivity index (χ4v) is 4.26. The summed E-state index contributed by atoms with van der Waals surface area (Å²) >= 11 is 1.70. The van der Waals surface area contributed by atoms with Gasteiger partial charge in [0.15, 0.2) is 0 Å². The molecule has 0 spiro atoms. The third-order valence-corrected chi connectivity index (χ3v) is 5.24. The Balaban J connectivity index is 2.24. The predicted octanol–water partition coefficient (Wildman–Crippen LogP) is 3.56. The minimum absolute atomic E-state index is 0.0183. The molecule has 19 heavy (non-hydrogen) atoms. The highest BCUT2D eigenvalue weighted by Gasteiger charge is 2.46. The lowest BCUT2D eigenvalue weighted by atomic mass is 9.76. The molecule has 1 aliphatic rings. The Morgan fingerprint density at radius 2 is 1.89 bits per heavy atom. The van der Waals surface area contributed by atoms with Gasteiger partial charge in [-0.05, 0) is 64.6 Å². The Bertz CT molecular complexity index is 427. The van der Waals surface area contributed by atoms with Gasteiger partial charge in [-0.15, -0.1) is 0 Å². The minimum atomic E-state index is -0.0183. The molecule has 0 unspecified atom stereocenters. The molecule has 0 atom stereocenters. The Morgan fingerprint density at radius 1 is 1.26 bits per heavy atom. The van der Waals surface area contributed by atoms with E-state index in [2.05, 4.69) is 37.0 Å². The molecule has 0 aliphatic carbocycles. The smallest absolute Gasteiger partial charge is 0.123 e. The molecule has 2 rings (SSSR count). The zero-order valence-corrected chi connectivity index (χ0v) is 12.9. The van der Waals surface area contributed by atoms with Gasteiger partial charge in [-0.25, -0.2) is 9.29 Å². The van der Waals surface area contributed by atoms with E-state index < -0.39 is 0 Å². The highest BCUT2D eigenvalue weighted by molar-refractivity contribution is 7.97. The topological polar surface area (TPSA) is 33.2 Å². The maximum atomic E-state index is 11.2. The van der Waals surface area contributed by atoms with Crippen LogP contribution in [0.3, 0.4) is 0 Å². The van der Waals surface area contributed by atoms with E-state index in [0.29, 0.717) is 0 Å². The number of piperidine rings is 1. The van der Waals surface area contributed by atoms with Crippen molar-refractivity contribution in [1.29, 1.82) is 0 Å². The van der Waals surface area contributed by atoms with Crippen molar-refractivity contribution in [3.63, 3.8) is 0 Å². The maximum absolute atomic E-state index is 11.2. The van der Waals surface area contributed by atoms with E-state index in [9.17, 15) is 4.79 Å². The summed E-state index contributed by atoms with van der Waals surface area (Å²) in [5, 5.41) is 1.01. The van der Waals surface area contributed by atoms with E-state index in [1.165, 1.54) is 0 Å². The Morgan fingerprint density at radius 3 is 2.37 bits per heavy atom. The molecular formula is C15H22N2OS. The molecule has 0 saturated carbocycles. The lowest BCUT2D eigenvalue weighted by Crippen LogP contribution is -2.57. The second kappa shape index (κ2) is 5.25. The van der Waals surface area contributed by atoms with E-state index in [4.69, 9.17) is 0 Å². The first-order valence-corrected chi connectivity index (χ1v) is 7.47. The third-order valence-electron chi connectivity index (χ3n) is 3.64. The van der Waals surface area contributed by atoms with Crippen molar-refractivity contribution in [2.45, 2.75) is 56.6 Å². The summed E-state index contributed by atoms with van der Waals surface area (Å²) < 4.78 is 2.41. The third kappa shape index (κ3) is 3.18. The Labute approximate surface area is 119 Å². The first kappa shape index (κ1) is 14.5. The van der Waals surface area contributed by atoms with E-state index in [1.807, 2.05) is 24.4 Å². The number of hydrogen-bond acceptors (Lipinski definition) is 4. The number of hydrogen-bond donors (Lipinski definition) is 0. The SMILES string of the molecule is CC1(C)CC(C=O)CC(C)(C)N1Sc1ccccn1. The Kier molecular flexibility index (Phi) is 4.02. The molecule has 0 amide bonds. The first-order valence-electron chi connectivity index (χ1n) is 6.70. The quantitative estimate of drug-likeness (QED) is 0.625. The molecule has 1 aromatic rings. The Hall–Kier alpha value is -0.870. The highest BCUT2D eigenvalue weighted by atomic mass is 32.2. The molecule has 2 heterocycles. The lowest BCUT2D eigenvalue weighted by molar-refractivity contribution is -0.115. The molecule has 1 fully saturated rings. The summed E-state index contributed by atoms with van der Waals surface area (Å²) in [4.78, 5) is 15.6. The van der Waals surface area contributed by atoms with E-state index in [0.717, 1.165) is 24.2 Å². The number of nitrogens with zero attached hydrogens (tertiary/aromatic N) is 2. The number of carbonyl (C=O) groups is 1. The largest absolute Gasteiger partial charge is 0.303 e. The maximum Gasteiger partial charge on any atom is 0.123 e. The average molecular weight is 278 g/mol. The molecule has 0 aromatic carbocycles. The summed E-state index contributed by atoms with van der Waals surface area (Å²) in [5.74, 6) is 0.158. The summed E-state index contributed by atoms with van der Waals surface area (Å²) in [7, 11) is 0. The van der Waals surface area contributed by atoms with Gasteiger partial charge in [0, 0.05) is 23.2 Å². The van der Waals surface area contributed by atoms with Crippen molar-refractivity contribution >= 4 is 18.2 Å². The highest BCUT2D eigenvalue weighted by Crippen LogP contribution is 2.46. The van der Waals surface area contributed by atoms with Crippen molar-refractivity contribution in [3.8, 4) is 0 Å². The molecule has 0 radical (unpaired) electrons. The molecular weight excluding hydrogens is 256 g/mol. The normalized spacial score (nSPS) is 23.2. The fourth-order valence-electron chi connectivity index (χ4n) is 3.18. The fraction of sp³-hybridized carbons (Fsp3) is 0.600. The van der Waals surface area contributed by atoms with Gasteiger partial charge in [0.1, 0.15) is 11.3 Å². The van der Waals surface area contributed by atoms with Gasteiger partial charge in [0.2, 0.25) is 0 Å². The van der Waals surface area contributed by atoms with Crippen LogP contribution >= 0.6 is 11.9 Å². The van der Waals surface area contributed by atoms with E-state index in [1.54, 1.807) is 11.9 Å². The average Bonchev–Trinajstić information content (AvgIpc) is 2.34. The standard InChI is InChI=1S/C15H22N2OS/c1-14(2)9-12(11-18)10-15(3,4)17(14)19-13-7-5-6-8-16-13/h5-8,11-12H,9-10H2,1-4H3. The number of carbonyl (C=O) groups excluding carboxylic acids is 1. The molecule has 0 bridgehead atoms. The van der Waals surface area contributed by atoms with Crippen LogP contribution in [0.2, 0.25) is 0 Å². The van der Waals surface area contributed by atoms with Crippen LogP contribution in [0.15, 0.2) is 29.4 Å². The van der Waals surface area contributed by atoms with Crippen LogP contribution in [-0.4, -0.2) is 26.7 Å². The number of pyridine rings is 1. The molecule has 4 heteroatoms. The molecule has 3 nitrogen and oxygen atoms in total. The van der Waals surface area contributed by atoms with Gasteiger partial charge < -0.3 is 4.79 Å². The van der Waals surface area contributed by atoms with Gasteiger partial charge >= 0.3 is 0 Å². The zero-order chi connectivity index (χ0) is 14.1. The number of aldehydes is 1. The van der Waals surface area contributed by atoms with Gasteiger partial charge in [-0.1, -0.05) is 6.07 Å².